The number of nitrogens with zero attached hydrogens (tertiary/aromatic N) is 1. The van der Waals surface area contributed by atoms with Gasteiger partial charge in [-0.3, -0.25) is 14.6 Å². The van der Waals surface area contributed by atoms with E-state index in [2.05, 4.69) is 34.7 Å². The average molecular weight is 571 g/mol. The van der Waals surface area contributed by atoms with Gasteiger partial charge in [0.25, 0.3) is 0 Å². The molecule has 3 aromatic rings. The monoisotopic (exact) mass is 570 g/mol. The number of benzene rings is 2. The molecule has 224 valence electrons. The van der Waals surface area contributed by atoms with Gasteiger partial charge < -0.3 is 21.1 Å². The molecule has 2 aromatic carbocycles. The second-order valence-electron chi connectivity index (χ2n) is 11.5. The van der Waals surface area contributed by atoms with Crippen molar-refractivity contribution in [3.8, 4) is 5.75 Å². The lowest BCUT2D eigenvalue weighted by atomic mass is 9.81. The minimum atomic E-state index is -0.693. The molecule has 2 amide bonds. The number of anilines is 1. The maximum atomic E-state index is 13.5. The first kappa shape index (κ1) is 31.2. The molecule has 7 nitrogen and oxygen atoms in total. The third-order valence-electron chi connectivity index (χ3n) is 8.24. The number of aryl methyl sites for hydroxylation is 1. The number of pyridine rings is 1. The van der Waals surface area contributed by atoms with Crippen LogP contribution in [0.5, 0.6) is 5.75 Å². The molecule has 0 aliphatic heterocycles. The number of amides is 2. The summed E-state index contributed by atoms with van der Waals surface area (Å²) in [4.78, 5) is 30.8. The molecule has 0 spiro atoms. The Hall–Kier alpha value is -3.71. The van der Waals surface area contributed by atoms with Gasteiger partial charge in [0, 0.05) is 30.4 Å². The zero-order chi connectivity index (χ0) is 29.6. The van der Waals surface area contributed by atoms with Crippen molar-refractivity contribution in [3.05, 3.63) is 89.7 Å². The van der Waals surface area contributed by atoms with E-state index >= 15 is 0 Å². The second-order valence-corrected chi connectivity index (χ2v) is 11.5. The summed E-state index contributed by atoms with van der Waals surface area (Å²) in [6.07, 6.45) is 13.3. The van der Waals surface area contributed by atoms with Gasteiger partial charge in [-0.05, 0) is 104 Å². The average Bonchev–Trinajstić information content (AvgIpc) is 3.03. The molecule has 0 bridgehead atoms. The van der Waals surface area contributed by atoms with Crippen LogP contribution >= 0.6 is 0 Å². The zero-order valence-electron chi connectivity index (χ0n) is 24.9. The van der Waals surface area contributed by atoms with Crippen molar-refractivity contribution in [2.75, 3.05) is 11.9 Å². The van der Waals surface area contributed by atoms with Gasteiger partial charge in [-0.2, -0.15) is 0 Å². The predicted octanol–water partition coefficient (Wildman–Crippen LogP) is 6.21. The fourth-order valence-electron chi connectivity index (χ4n) is 5.50. The molecule has 4 N–H and O–H groups in total. The lowest BCUT2D eigenvalue weighted by Gasteiger charge is -2.28. The molecule has 1 saturated carbocycles. The molecule has 1 aromatic heterocycles. The van der Waals surface area contributed by atoms with E-state index in [4.69, 9.17) is 10.5 Å². The molecule has 0 radical (unpaired) electrons. The number of carbonyl (C=O) groups excluding carboxylic acids is 2. The van der Waals surface area contributed by atoms with Gasteiger partial charge in [0.15, 0.2) is 0 Å². The van der Waals surface area contributed by atoms with Crippen molar-refractivity contribution in [2.24, 2.45) is 17.6 Å². The number of hydrogen-bond acceptors (Lipinski definition) is 5. The molecule has 7 heteroatoms. The number of rotatable bonds is 15. The Balaban J connectivity index is 1.38. The quantitative estimate of drug-likeness (QED) is 0.188. The van der Waals surface area contributed by atoms with Gasteiger partial charge in [0.2, 0.25) is 11.8 Å². The topological polar surface area (TPSA) is 106 Å². The van der Waals surface area contributed by atoms with Crippen LogP contribution in [0.2, 0.25) is 0 Å². The first-order valence-electron chi connectivity index (χ1n) is 15.5. The second kappa shape index (κ2) is 16.7. The van der Waals surface area contributed by atoms with Crippen molar-refractivity contribution in [3.63, 3.8) is 0 Å². The maximum Gasteiger partial charge on any atom is 0.247 e. The summed E-state index contributed by atoms with van der Waals surface area (Å²) >= 11 is 0. The van der Waals surface area contributed by atoms with Crippen LogP contribution in [0.4, 0.5) is 5.69 Å². The lowest BCUT2D eigenvalue weighted by molar-refractivity contribution is -0.130. The number of ether oxygens (including phenoxy) is 1. The zero-order valence-corrected chi connectivity index (χ0v) is 24.9. The predicted molar refractivity (Wildman–Crippen MR) is 168 cm³/mol. The number of carbonyl (C=O) groups is 2. The van der Waals surface area contributed by atoms with Crippen LogP contribution < -0.4 is 21.1 Å². The van der Waals surface area contributed by atoms with Gasteiger partial charge in [-0.15, -0.1) is 0 Å². The molecule has 4 rings (SSSR count). The molecule has 1 fully saturated rings. The number of hydrogen-bond donors (Lipinski definition) is 3. The lowest BCUT2D eigenvalue weighted by Crippen LogP contribution is -2.48. The van der Waals surface area contributed by atoms with Crippen LogP contribution in [0.3, 0.4) is 0 Å². The molecular weight excluding hydrogens is 524 g/mol. The highest BCUT2D eigenvalue weighted by molar-refractivity contribution is 5.97. The first-order valence-corrected chi connectivity index (χ1v) is 15.5. The maximum absolute atomic E-state index is 13.5. The van der Waals surface area contributed by atoms with Crippen LogP contribution in [0.15, 0.2) is 73.1 Å². The van der Waals surface area contributed by atoms with E-state index < -0.39 is 6.04 Å². The molecule has 42 heavy (non-hydrogen) atoms. The van der Waals surface area contributed by atoms with Crippen molar-refractivity contribution < 1.29 is 14.3 Å². The Labute approximate surface area is 250 Å². The fourth-order valence-corrected chi connectivity index (χ4v) is 5.50. The van der Waals surface area contributed by atoms with E-state index in [1.165, 1.54) is 31.2 Å². The third-order valence-corrected chi connectivity index (χ3v) is 8.24. The van der Waals surface area contributed by atoms with Crippen LogP contribution in [0.1, 0.15) is 75.0 Å². The minimum Gasteiger partial charge on any atom is -0.489 e. The van der Waals surface area contributed by atoms with Gasteiger partial charge in [0.05, 0.1) is 0 Å². The minimum absolute atomic E-state index is 0.0506. The summed E-state index contributed by atoms with van der Waals surface area (Å²) in [6.45, 7) is 3.33. The molecule has 0 saturated heterocycles. The van der Waals surface area contributed by atoms with Crippen molar-refractivity contribution in [2.45, 2.75) is 83.8 Å². The molecule has 1 aliphatic rings. The number of nitrogens with two attached hydrogens (primary N) is 1. The van der Waals surface area contributed by atoms with Gasteiger partial charge >= 0.3 is 0 Å². The van der Waals surface area contributed by atoms with Crippen LogP contribution in [-0.4, -0.2) is 29.4 Å². The normalized spacial score (nSPS) is 17.3. The number of nitrogens with one attached hydrogen (secondary N) is 2. The first-order chi connectivity index (χ1) is 20.5. The summed E-state index contributed by atoms with van der Waals surface area (Å²) < 4.78 is 5.90. The third kappa shape index (κ3) is 9.98. The molecule has 1 atom stereocenters. The molecule has 1 aliphatic carbocycles. The largest absolute Gasteiger partial charge is 0.489 e. The highest BCUT2D eigenvalue weighted by Gasteiger charge is 2.29. The summed E-state index contributed by atoms with van der Waals surface area (Å²) in [7, 11) is 0. The highest BCUT2D eigenvalue weighted by atomic mass is 16.5. The van der Waals surface area contributed by atoms with Crippen LogP contribution in [0, 0.1) is 11.8 Å². The SMILES string of the molecule is CCCCCCc1ccc(NC(=O)[C@H](Cc2ccc(OCc3ccncc3)cc2)NC(=O)C2CCC(CN)CC2)cc1. The van der Waals surface area contributed by atoms with Gasteiger partial charge in [-0.1, -0.05) is 50.5 Å². The standard InChI is InChI=1S/C35H46N4O3/c1-2-3-4-5-6-26-9-15-31(16-10-26)38-35(41)33(39-34(40)30-13-7-28(24-36)8-14-30)23-27-11-17-32(18-12-27)42-25-29-19-21-37-22-20-29/h9-12,15-22,28,30,33H,2-8,13-14,23-25,36H2,1H3,(H,38,41)(H,39,40)/t28?,30?,33-/m0/s1. The molecule has 1 heterocycles. The summed E-state index contributed by atoms with van der Waals surface area (Å²) in [5.41, 5.74) is 9.84. The van der Waals surface area contributed by atoms with Gasteiger partial charge in [-0.25, -0.2) is 0 Å². The van der Waals surface area contributed by atoms with Crippen LogP contribution in [0.25, 0.3) is 0 Å². The number of unbranched alkanes of at least 4 members (excludes halogenated alkanes) is 3. The van der Waals surface area contributed by atoms with Crippen molar-refractivity contribution in [1.29, 1.82) is 0 Å². The smallest absolute Gasteiger partial charge is 0.247 e. The Morgan fingerprint density at radius 3 is 2.24 bits per heavy atom. The fraction of sp³-hybridized carbons (Fsp3) is 0.457. The summed E-state index contributed by atoms with van der Waals surface area (Å²) in [5, 5.41) is 6.12. The van der Waals surface area contributed by atoms with E-state index in [0.717, 1.165) is 54.7 Å². The summed E-state index contributed by atoms with van der Waals surface area (Å²) in [5.74, 6) is 0.881. The highest BCUT2D eigenvalue weighted by Crippen LogP contribution is 2.28. The molecule has 0 unspecified atom stereocenters. The van der Waals surface area contributed by atoms with E-state index in [1.807, 2.05) is 48.5 Å². The number of aromatic nitrogens is 1. The van der Waals surface area contributed by atoms with Crippen molar-refractivity contribution in [1.82, 2.24) is 10.3 Å². The molecular formula is C35H46N4O3. The van der Waals surface area contributed by atoms with E-state index in [9.17, 15) is 9.59 Å². The van der Waals surface area contributed by atoms with E-state index in [-0.39, 0.29) is 17.7 Å². The van der Waals surface area contributed by atoms with Gasteiger partial charge in [0.1, 0.15) is 18.4 Å². The van der Waals surface area contributed by atoms with Crippen LogP contribution in [-0.2, 0) is 29.0 Å². The Morgan fingerprint density at radius 2 is 1.57 bits per heavy atom. The Kier molecular flexibility index (Phi) is 12.4. The Morgan fingerprint density at radius 1 is 0.881 bits per heavy atom. The van der Waals surface area contributed by atoms with Crippen molar-refractivity contribution >= 4 is 17.5 Å². The van der Waals surface area contributed by atoms with E-state index in [1.54, 1.807) is 12.4 Å². The van der Waals surface area contributed by atoms with E-state index in [0.29, 0.717) is 25.5 Å². The Bertz CT molecular complexity index is 1220. The summed E-state index contributed by atoms with van der Waals surface area (Å²) in [6, 6.07) is 18.9.